The lowest BCUT2D eigenvalue weighted by atomic mass is 9.97. The Kier molecular flexibility index (Phi) is 6.78. The quantitative estimate of drug-likeness (QED) is 0.365. The highest BCUT2D eigenvalue weighted by molar-refractivity contribution is 7.92. The number of benzene rings is 2. The van der Waals surface area contributed by atoms with Gasteiger partial charge in [0.25, 0.3) is 15.9 Å². The number of carbonyl (C=O) groups excluding carboxylic acids is 2. The standard InChI is InChI=1S/C22H26N2O8S/c1-22(2,3)21(28)32-14-9-11-15(12-10-14)33(29,30)24-17-8-6-5-7-16(17)19(25)23-18(13-31-4)20(26)27/h5-12,18,24H,13H2,1-4H3,(H,23,25)(H,26,27)/t18-/m1/s1/i4D3. The molecule has 178 valence electrons. The molecular weight excluding hydrogens is 452 g/mol. The molecule has 0 fully saturated rings. The number of ether oxygens (including phenoxy) is 2. The number of rotatable bonds is 9. The molecule has 0 bridgehead atoms. The molecule has 0 aliphatic heterocycles. The van der Waals surface area contributed by atoms with Crippen molar-refractivity contribution in [2.45, 2.75) is 31.7 Å². The third kappa shape index (κ3) is 7.02. The second kappa shape index (κ2) is 10.5. The van der Waals surface area contributed by atoms with E-state index in [-0.39, 0.29) is 21.9 Å². The molecule has 2 rings (SSSR count). The molecule has 0 radical (unpaired) electrons. The normalized spacial score (nSPS) is 14.2. The number of sulfonamides is 1. The average molecular weight is 482 g/mol. The van der Waals surface area contributed by atoms with Crippen molar-refractivity contribution in [2.24, 2.45) is 5.41 Å². The molecule has 0 saturated heterocycles. The van der Waals surface area contributed by atoms with Gasteiger partial charge in [-0.05, 0) is 57.2 Å². The summed E-state index contributed by atoms with van der Waals surface area (Å²) in [6.45, 7) is 4.18. The topological polar surface area (TPSA) is 148 Å². The zero-order valence-corrected chi connectivity index (χ0v) is 18.9. The summed E-state index contributed by atoms with van der Waals surface area (Å²) in [6, 6.07) is 8.76. The van der Waals surface area contributed by atoms with Crippen molar-refractivity contribution in [1.82, 2.24) is 5.32 Å². The maximum absolute atomic E-state index is 12.9. The first kappa shape index (κ1) is 21.4. The number of para-hydroxylation sites is 1. The van der Waals surface area contributed by atoms with Crippen LogP contribution in [0.4, 0.5) is 5.69 Å². The summed E-state index contributed by atoms with van der Waals surface area (Å²) in [6.07, 6.45) is 0. The minimum Gasteiger partial charge on any atom is -0.480 e. The van der Waals surface area contributed by atoms with E-state index < -0.39 is 53.0 Å². The number of carboxylic acid groups (broad SMARTS) is 1. The number of nitrogens with one attached hydrogen (secondary N) is 2. The minimum atomic E-state index is -4.20. The third-order valence-corrected chi connectivity index (χ3v) is 5.61. The van der Waals surface area contributed by atoms with Gasteiger partial charge in [0, 0.05) is 7.04 Å². The molecule has 3 N–H and O–H groups in total. The summed E-state index contributed by atoms with van der Waals surface area (Å²) in [4.78, 5) is 35.9. The number of carbonyl (C=O) groups is 3. The molecule has 33 heavy (non-hydrogen) atoms. The van der Waals surface area contributed by atoms with Crippen molar-refractivity contribution in [3.8, 4) is 5.75 Å². The first-order valence-electron chi connectivity index (χ1n) is 11.1. The molecule has 0 aromatic heterocycles. The van der Waals surface area contributed by atoms with Crippen LogP contribution in [-0.4, -0.2) is 51.1 Å². The smallest absolute Gasteiger partial charge is 0.328 e. The number of anilines is 1. The van der Waals surface area contributed by atoms with Crippen molar-refractivity contribution < 1.29 is 41.5 Å². The molecule has 2 aromatic rings. The number of carboxylic acids is 1. The number of amides is 1. The Morgan fingerprint density at radius 3 is 2.30 bits per heavy atom. The van der Waals surface area contributed by atoms with Gasteiger partial charge in [-0.25, -0.2) is 13.2 Å². The van der Waals surface area contributed by atoms with Crippen LogP contribution in [-0.2, 0) is 24.3 Å². The molecule has 1 atom stereocenters. The molecule has 2 aromatic carbocycles. The molecular formula is C22H26N2O8S. The van der Waals surface area contributed by atoms with E-state index in [1.165, 1.54) is 48.5 Å². The Morgan fingerprint density at radius 1 is 1.09 bits per heavy atom. The lowest BCUT2D eigenvalue weighted by Gasteiger charge is -2.17. The minimum absolute atomic E-state index is 0.146. The van der Waals surface area contributed by atoms with Gasteiger partial charge < -0.3 is 19.9 Å². The van der Waals surface area contributed by atoms with Gasteiger partial charge in [0.05, 0.1) is 32.3 Å². The van der Waals surface area contributed by atoms with E-state index in [1.807, 2.05) is 0 Å². The van der Waals surface area contributed by atoms with Gasteiger partial charge in [-0.15, -0.1) is 0 Å². The Bertz CT molecular complexity index is 1220. The Morgan fingerprint density at radius 2 is 1.73 bits per heavy atom. The van der Waals surface area contributed by atoms with E-state index in [4.69, 9.17) is 8.85 Å². The first-order valence-corrected chi connectivity index (χ1v) is 11.1. The molecule has 0 unspecified atom stereocenters. The molecule has 0 spiro atoms. The van der Waals surface area contributed by atoms with Gasteiger partial charge in [0.1, 0.15) is 5.75 Å². The molecule has 1 amide bonds. The second-order valence-corrected chi connectivity index (χ2v) is 9.62. The second-order valence-electron chi connectivity index (χ2n) is 7.94. The van der Waals surface area contributed by atoms with Gasteiger partial charge in [-0.2, -0.15) is 0 Å². The van der Waals surface area contributed by atoms with E-state index in [1.54, 1.807) is 20.8 Å². The van der Waals surface area contributed by atoms with Crippen LogP contribution in [0, 0.1) is 5.41 Å². The van der Waals surface area contributed by atoms with Crippen molar-refractivity contribution >= 4 is 33.6 Å². The largest absolute Gasteiger partial charge is 0.480 e. The van der Waals surface area contributed by atoms with E-state index in [0.29, 0.717) is 0 Å². The van der Waals surface area contributed by atoms with Gasteiger partial charge in [-0.1, -0.05) is 12.1 Å². The summed E-state index contributed by atoms with van der Waals surface area (Å²) in [5.41, 5.74) is -1.12. The lowest BCUT2D eigenvalue weighted by Crippen LogP contribution is -2.44. The van der Waals surface area contributed by atoms with Crippen molar-refractivity contribution in [3.63, 3.8) is 0 Å². The van der Waals surface area contributed by atoms with Crippen LogP contribution in [0.3, 0.4) is 0 Å². The van der Waals surface area contributed by atoms with E-state index in [2.05, 4.69) is 14.8 Å². The highest BCUT2D eigenvalue weighted by Crippen LogP contribution is 2.24. The summed E-state index contributed by atoms with van der Waals surface area (Å²) in [5.74, 6) is -2.87. The fraction of sp³-hybridized carbons (Fsp3) is 0.318. The predicted octanol–water partition coefficient (Wildman–Crippen LogP) is 2.27. The SMILES string of the molecule is [2H]C([2H])([2H])OC[C@@H](NC(=O)c1ccccc1NS(=O)(=O)c1ccc(OC(=O)C(C)(C)C)cc1)C(=O)O. The van der Waals surface area contributed by atoms with Crippen molar-refractivity contribution in [2.75, 3.05) is 18.4 Å². The maximum atomic E-state index is 12.9. The predicted molar refractivity (Wildman–Crippen MR) is 120 cm³/mol. The monoisotopic (exact) mass is 481 g/mol. The molecule has 0 aliphatic rings. The van der Waals surface area contributed by atoms with Crippen molar-refractivity contribution in [3.05, 3.63) is 54.1 Å². The number of hydrogen-bond donors (Lipinski definition) is 3. The van der Waals surface area contributed by atoms with Crippen LogP contribution in [0.15, 0.2) is 53.4 Å². The van der Waals surface area contributed by atoms with Crippen LogP contribution in [0.5, 0.6) is 5.75 Å². The summed E-state index contributed by atoms with van der Waals surface area (Å²) in [5, 5.41) is 11.4. The zero-order valence-electron chi connectivity index (χ0n) is 21.1. The molecule has 0 saturated carbocycles. The fourth-order valence-electron chi connectivity index (χ4n) is 2.41. The van der Waals surface area contributed by atoms with Crippen LogP contribution in [0.1, 0.15) is 35.2 Å². The number of esters is 1. The lowest BCUT2D eigenvalue weighted by molar-refractivity contribution is -0.143. The van der Waals surface area contributed by atoms with Gasteiger partial charge in [0.2, 0.25) is 0 Å². The van der Waals surface area contributed by atoms with Crippen LogP contribution in [0.2, 0.25) is 0 Å². The Balaban J connectivity index is 2.21. The fourth-order valence-corrected chi connectivity index (χ4v) is 3.49. The number of hydrogen-bond acceptors (Lipinski definition) is 7. The van der Waals surface area contributed by atoms with Crippen LogP contribution in [0.25, 0.3) is 0 Å². The molecule has 11 heteroatoms. The summed E-state index contributed by atoms with van der Waals surface area (Å²) < 4.78 is 58.7. The van der Waals surface area contributed by atoms with Gasteiger partial charge in [0.15, 0.2) is 6.04 Å². The Labute approximate surface area is 196 Å². The van der Waals surface area contributed by atoms with Gasteiger partial charge >= 0.3 is 11.9 Å². The molecule has 0 heterocycles. The Hall–Kier alpha value is -3.44. The summed E-state index contributed by atoms with van der Waals surface area (Å²) in [7, 11) is -7.07. The highest BCUT2D eigenvalue weighted by atomic mass is 32.2. The van der Waals surface area contributed by atoms with E-state index in [9.17, 15) is 27.9 Å². The summed E-state index contributed by atoms with van der Waals surface area (Å²) >= 11 is 0. The molecule has 0 aliphatic carbocycles. The zero-order chi connectivity index (χ0) is 27.3. The van der Waals surface area contributed by atoms with Gasteiger partial charge in [-0.3, -0.25) is 14.3 Å². The average Bonchev–Trinajstić information content (AvgIpc) is 2.75. The van der Waals surface area contributed by atoms with Crippen LogP contribution >= 0.6 is 0 Å². The third-order valence-electron chi connectivity index (χ3n) is 4.23. The van der Waals surface area contributed by atoms with E-state index in [0.717, 1.165) is 0 Å². The van der Waals surface area contributed by atoms with Crippen LogP contribution < -0.4 is 14.8 Å². The number of methoxy groups -OCH3 is 1. The van der Waals surface area contributed by atoms with Crippen molar-refractivity contribution in [1.29, 1.82) is 0 Å². The van der Waals surface area contributed by atoms with E-state index >= 15 is 0 Å². The number of aliphatic carboxylic acids is 1. The maximum Gasteiger partial charge on any atom is 0.328 e. The molecule has 10 nitrogen and oxygen atoms in total. The highest BCUT2D eigenvalue weighted by Gasteiger charge is 2.25. The first-order chi connectivity index (χ1) is 16.5.